The molecular weight excluding hydrogens is 254 g/mol. The quantitative estimate of drug-likeness (QED) is 0.522. The van der Waals surface area contributed by atoms with E-state index in [1.54, 1.807) is 6.08 Å². The number of hydrogen-bond donors (Lipinski definition) is 1. The van der Waals surface area contributed by atoms with Crippen molar-refractivity contribution in [1.82, 2.24) is 5.32 Å². The summed E-state index contributed by atoms with van der Waals surface area (Å²) in [5.41, 5.74) is -0.0666. The van der Waals surface area contributed by atoms with E-state index in [0.29, 0.717) is 26.6 Å². The number of rotatable bonds is 9. The fourth-order valence-corrected chi connectivity index (χ4v) is 2.26. The zero-order valence-electron chi connectivity index (χ0n) is 13.0. The van der Waals surface area contributed by atoms with Crippen LogP contribution in [0.15, 0.2) is 12.2 Å². The van der Waals surface area contributed by atoms with Crippen molar-refractivity contribution in [2.45, 2.75) is 52.4 Å². The number of unbranched alkanes of at least 4 members (excludes halogenated alkanes) is 4. The molecule has 116 valence electrons. The fraction of sp³-hybridized carbons (Fsp3) is 0.812. The lowest BCUT2D eigenvalue weighted by Crippen LogP contribution is -2.46. The topological polar surface area (TPSA) is 47.6 Å². The Kier molecular flexibility index (Phi) is 8.54. The molecule has 1 N–H and O–H groups in total. The third-order valence-electron chi connectivity index (χ3n) is 3.86. The molecule has 0 saturated carbocycles. The van der Waals surface area contributed by atoms with E-state index in [1.165, 1.54) is 19.3 Å². The highest BCUT2D eigenvalue weighted by Crippen LogP contribution is 2.25. The van der Waals surface area contributed by atoms with Gasteiger partial charge in [-0.1, -0.05) is 39.2 Å². The summed E-state index contributed by atoms with van der Waals surface area (Å²) in [5, 5.41) is 2.96. The van der Waals surface area contributed by atoms with Crippen molar-refractivity contribution in [3.63, 3.8) is 0 Å². The summed E-state index contributed by atoms with van der Waals surface area (Å²) >= 11 is 0. The van der Waals surface area contributed by atoms with E-state index >= 15 is 0 Å². The van der Waals surface area contributed by atoms with Gasteiger partial charge in [-0.2, -0.15) is 0 Å². The third kappa shape index (κ3) is 6.53. The van der Waals surface area contributed by atoms with Crippen LogP contribution in [0.4, 0.5) is 0 Å². The molecule has 0 aliphatic carbocycles. The first-order valence-corrected chi connectivity index (χ1v) is 7.82. The minimum absolute atomic E-state index is 0.0149. The Hall–Kier alpha value is -0.870. The highest BCUT2D eigenvalue weighted by molar-refractivity contribution is 5.87. The van der Waals surface area contributed by atoms with Crippen LogP contribution in [-0.2, 0) is 14.3 Å². The van der Waals surface area contributed by atoms with Crippen LogP contribution in [-0.4, -0.2) is 32.5 Å². The summed E-state index contributed by atoms with van der Waals surface area (Å²) in [7, 11) is 0. The van der Waals surface area contributed by atoms with Crippen LogP contribution in [0.3, 0.4) is 0 Å². The van der Waals surface area contributed by atoms with E-state index in [4.69, 9.17) is 9.47 Å². The van der Waals surface area contributed by atoms with Gasteiger partial charge in [-0.3, -0.25) is 4.79 Å². The van der Waals surface area contributed by atoms with Gasteiger partial charge in [0.25, 0.3) is 0 Å². The molecule has 0 atom stereocenters. The fourth-order valence-electron chi connectivity index (χ4n) is 2.26. The summed E-state index contributed by atoms with van der Waals surface area (Å²) in [6.45, 7) is 6.60. The lowest BCUT2D eigenvalue weighted by molar-refractivity contribution is -0.164. The standard InChI is InChI=1S/C16H29NO3/c1-3-5-6-7-8-9-10-15(18)17-11-16(4-2)12-19-14-20-13-16/h9-10H,3-8,11-14H2,1-2H3,(H,17,18)/b10-9+. The van der Waals surface area contributed by atoms with Crippen LogP contribution >= 0.6 is 0 Å². The second kappa shape index (κ2) is 9.94. The van der Waals surface area contributed by atoms with Gasteiger partial charge >= 0.3 is 0 Å². The molecule has 0 radical (unpaired) electrons. The molecule has 1 aliphatic rings. The normalized spacial score (nSPS) is 18.3. The van der Waals surface area contributed by atoms with Gasteiger partial charge in [0.15, 0.2) is 0 Å². The van der Waals surface area contributed by atoms with E-state index < -0.39 is 0 Å². The number of carbonyl (C=O) groups excluding carboxylic acids is 1. The van der Waals surface area contributed by atoms with Gasteiger partial charge in [0.05, 0.1) is 13.2 Å². The zero-order valence-corrected chi connectivity index (χ0v) is 13.0. The summed E-state index contributed by atoms with van der Waals surface area (Å²) in [5.74, 6) is -0.0149. The predicted octanol–water partition coefficient (Wildman–Crippen LogP) is 3.03. The molecule has 4 heteroatoms. The van der Waals surface area contributed by atoms with Crippen LogP contribution in [0.5, 0.6) is 0 Å². The number of carbonyl (C=O) groups is 1. The summed E-state index contributed by atoms with van der Waals surface area (Å²) < 4.78 is 10.7. The minimum Gasteiger partial charge on any atom is -0.355 e. The van der Waals surface area contributed by atoms with E-state index in [2.05, 4.69) is 19.2 Å². The first-order valence-electron chi connectivity index (χ1n) is 7.82. The maximum atomic E-state index is 11.8. The predicted molar refractivity (Wildman–Crippen MR) is 80.4 cm³/mol. The Labute approximate surface area is 122 Å². The molecule has 4 nitrogen and oxygen atoms in total. The summed E-state index contributed by atoms with van der Waals surface area (Å²) in [6.07, 6.45) is 10.5. The van der Waals surface area contributed by atoms with Crippen LogP contribution in [0, 0.1) is 5.41 Å². The Balaban J connectivity index is 2.19. The average molecular weight is 283 g/mol. The molecule has 0 aromatic heterocycles. The first kappa shape index (κ1) is 17.2. The van der Waals surface area contributed by atoms with Crippen molar-refractivity contribution in [2.24, 2.45) is 5.41 Å². The Bertz CT molecular complexity index is 296. The van der Waals surface area contributed by atoms with Crippen molar-refractivity contribution in [2.75, 3.05) is 26.6 Å². The van der Waals surface area contributed by atoms with Gasteiger partial charge in [-0.25, -0.2) is 0 Å². The molecule has 1 aliphatic heterocycles. The van der Waals surface area contributed by atoms with Crippen LogP contribution < -0.4 is 5.32 Å². The van der Waals surface area contributed by atoms with Gasteiger partial charge < -0.3 is 14.8 Å². The number of nitrogens with one attached hydrogen (secondary N) is 1. The largest absolute Gasteiger partial charge is 0.355 e. The van der Waals surface area contributed by atoms with Crippen molar-refractivity contribution in [1.29, 1.82) is 0 Å². The maximum absolute atomic E-state index is 11.8. The van der Waals surface area contributed by atoms with Crippen molar-refractivity contribution in [3.8, 4) is 0 Å². The number of amides is 1. The number of hydrogen-bond acceptors (Lipinski definition) is 3. The highest BCUT2D eigenvalue weighted by atomic mass is 16.7. The molecule has 0 bridgehead atoms. The van der Waals surface area contributed by atoms with E-state index in [9.17, 15) is 4.79 Å². The van der Waals surface area contributed by atoms with Crippen LogP contribution in [0.1, 0.15) is 52.4 Å². The summed E-state index contributed by atoms with van der Waals surface area (Å²) in [4.78, 5) is 11.8. The maximum Gasteiger partial charge on any atom is 0.243 e. The molecule has 1 heterocycles. The van der Waals surface area contributed by atoms with Crippen LogP contribution in [0.2, 0.25) is 0 Å². The molecule has 0 aromatic rings. The van der Waals surface area contributed by atoms with Crippen molar-refractivity contribution >= 4 is 5.91 Å². The molecule has 0 unspecified atom stereocenters. The smallest absolute Gasteiger partial charge is 0.243 e. The van der Waals surface area contributed by atoms with Crippen molar-refractivity contribution in [3.05, 3.63) is 12.2 Å². The first-order chi connectivity index (χ1) is 9.72. The Morgan fingerprint density at radius 2 is 1.95 bits per heavy atom. The zero-order chi connectivity index (χ0) is 14.7. The minimum atomic E-state index is -0.0666. The molecular formula is C16H29NO3. The average Bonchev–Trinajstić information content (AvgIpc) is 2.49. The van der Waals surface area contributed by atoms with Gasteiger partial charge in [-0.05, 0) is 25.3 Å². The Morgan fingerprint density at radius 1 is 1.20 bits per heavy atom. The van der Waals surface area contributed by atoms with Crippen LogP contribution in [0.25, 0.3) is 0 Å². The van der Waals surface area contributed by atoms with Crippen molar-refractivity contribution < 1.29 is 14.3 Å². The SMILES string of the molecule is CCCCCC/C=C/C(=O)NCC1(CC)COCOC1. The van der Waals surface area contributed by atoms with E-state index in [1.807, 2.05) is 6.08 Å². The second-order valence-corrected chi connectivity index (χ2v) is 5.64. The Morgan fingerprint density at radius 3 is 2.60 bits per heavy atom. The monoisotopic (exact) mass is 283 g/mol. The lowest BCUT2D eigenvalue weighted by atomic mass is 9.86. The summed E-state index contributed by atoms with van der Waals surface area (Å²) in [6, 6.07) is 0. The lowest BCUT2D eigenvalue weighted by Gasteiger charge is -2.35. The van der Waals surface area contributed by atoms with Gasteiger partial charge in [0.2, 0.25) is 5.91 Å². The molecule has 1 rings (SSSR count). The highest BCUT2D eigenvalue weighted by Gasteiger charge is 2.32. The van der Waals surface area contributed by atoms with E-state index in [0.717, 1.165) is 19.3 Å². The van der Waals surface area contributed by atoms with Gasteiger partial charge in [-0.15, -0.1) is 0 Å². The van der Waals surface area contributed by atoms with Gasteiger partial charge in [0.1, 0.15) is 6.79 Å². The van der Waals surface area contributed by atoms with E-state index in [-0.39, 0.29) is 11.3 Å². The number of ether oxygens (including phenoxy) is 2. The second-order valence-electron chi connectivity index (χ2n) is 5.64. The molecule has 0 aromatic carbocycles. The molecule has 1 amide bonds. The van der Waals surface area contributed by atoms with Gasteiger partial charge in [0, 0.05) is 12.0 Å². The molecule has 1 fully saturated rings. The third-order valence-corrected chi connectivity index (χ3v) is 3.86. The molecule has 0 spiro atoms. The molecule has 1 saturated heterocycles. The number of allylic oxidation sites excluding steroid dienone is 1. The molecule has 20 heavy (non-hydrogen) atoms.